The third kappa shape index (κ3) is 4.57. The maximum Gasteiger partial charge on any atom is 0.251 e. The van der Waals surface area contributed by atoms with Crippen molar-refractivity contribution in [3.63, 3.8) is 0 Å². The van der Waals surface area contributed by atoms with Crippen molar-refractivity contribution in [2.75, 3.05) is 13.1 Å². The van der Waals surface area contributed by atoms with Crippen LogP contribution in [-0.4, -0.2) is 25.0 Å². The molecule has 0 aliphatic rings. The van der Waals surface area contributed by atoms with Crippen LogP contribution in [0, 0.1) is 0 Å². The van der Waals surface area contributed by atoms with Gasteiger partial charge < -0.3 is 10.6 Å². The Labute approximate surface area is 104 Å². The zero-order valence-electron chi connectivity index (χ0n) is 10.9. The van der Waals surface area contributed by atoms with Gasteiger partial charge in [-0.2, -0.15) is 0 Å². The first kappa shape index (κ1) is 13.7. The van der Waals surface area contributed by atoms with E-state index in [0.717, 1.165) is 18.5 Å². The number of carbonyl (C=O) groups is 1. The lowest BCUT2D eigenvalue weighted by Gasteiger charge is -2.13. The maximum atomic E-state index is 11.8. The molecule has 1 aromatic rings. The van der Waals surface area contributed by atoms with Crippen LogP contribution in [0.15, 0.2) is 24.3 Å². The molecule has 0 aliphatic carbocycles. The van der Waals surface area contributed by atoms with Gasteiger partial charge in [-0.1, -0.05) is 26.0 Å². The molecule has 1 amide bonds. The van der Waals surface area contributed by atoms with Crippen molar-refractivity contribution in [2.45, 2.75) is 33.2 Å². The first-order chi connectivity index (χ1) is 8.17. The van der Waals surface area contributed by atoms with E-state index in [0.29, 0.717) is 12.6 Å². The van der Waals surface area contributed by atoms with E-state index >= 15 is 0 Å². The summed E-state index contributed by atoms with van der Waals surface area (Å²) in [6.07, 6.45) is 0.999. The summed E-state index contributed by atoms with van der Waals surface area (Å²) in [7, 11) is 0. The van der Waals surface area contributed by atoms with E-state index in [1.165, 1.54) is 5.56 Å². The average Bonchev–Trinajstić information content (AvgIpc) is 2.36. The number of aryl methyl sites for hydroxylation is 1. The lowest BCUT2D eigenvalue weighted by atomic mass is 10.1. The van der Waals surface area contributed by atoms with Crippen LogP contribution >= 0.6 is 0 Å². The highest BCUT2D eigenvalue weighted by atomic mass is 16.1. The quantitative estimate of drug-likeness (QED) is 0.790. The minimum atomic E-state index is -0.00240. The lowest BCUT2D eigenvalue weighted by molar-refractivity contribution is 0.0950. The number of rotatable bonds is 6. The standard InChI is InChI=1S/C14H22N2O/c1-4-12-6-8-13(9-7-12)14(17)16-10-11(3)15-5-2/h6-9,11,15H,4-5,10H2,1-3H3,(H,16,17)/t11-/m1/s1. The summed E-state index contributed by atoms with van der Waals surface area (Å²) in [6, 6.07) is 8.07. The van der Waals surface area contributed by atoms with E-state index in [2.05, 4.69) is 31.4 Å². The minimum absolute atomic E-state index is 0.00240. The Morgan fingerprint density at radius 1 is 1.24 bits per heavy atom. The first-order valence-corrected chi connectivity index (χ1v) is 6.27. The summed E-state index contributed by atoms with van der Waals surface area (Å²) < 4.78 is 0. The van der Waals surface area contributed by atoms with Crippen molar-refractivity contribution in [1.82, 2.24) is 10.6 Å². The molecule has 0 aromatic heterocycles. The predicted molar refractivity (Wildman–Crippen MR) is 71.3 cm³/mol. The van der Waals surface area contributed by atoms with Crippen LogP contribution in [0.1, 0.15) is 36.7 Å². The minimum Gasteiger partial charge on any atom is -0.350 e. The van der Waals surface area contributed by atoms with Gasteiger partial charge in [0, 0.05) is 18.2 Å². The van der Waals surface area contributed by atoms with E-state index in [9.17, 15) is 4.79 Å². The van der Waals surface area contributed by atoms with Crippen LogP contribution in [0.2, 0.25) is 0 Å². The van der Waals surface area contributed by atoms with Gasteiger partial charge in [0.15, 0.2) is 0 Å². The van der Waals surface area contributed by atoms with Crippen LogP contribution in [0.5, 0.6) is 0 Å². The van der Waals surface area contributed by atoms with Crippen molar-refractivity contribution in [2.24, 2.45) is 0 Å². The van der Waals surface area contributed by atoms with E-state index in [1.54, 1.807) is 0 Å². The summed E-state index contributed by atoms with van der Waals surface area (Å²) in [5, 5.41) is 6.18. The van der Waals surface area contributed by atoms with Crippen LogP contribution in [-0.2, 0) is 6.42 Å². The van der Waals surface area contributed by atoms with Gasteiger partial charge in [0.05, 0.1) is 0 Å². The van der Waals surface area contributed by atoms with E-state index in [1.807, 2.05) is 24.3 Å². The molecule has 0 aliphatic heterocycles. The number of likely N-dealkylation sites (N-methyl/N-ethyl adjacent to an activating group) is 1. The Bertz CT molecular complexity index is 346. The van der Waals surface area contributed by atoms with E-state index < -0.39 is 0 Å². The zero-order chi connectivity index (χ0) is 12.7. The van der Waals surface area contributed by atoms with Gasteiger partial charge in [-0.25, -0.2) is 0 Å². The number of benzene rings is 1. The summed E-state index contributed by atoms with van der Waals surface area (Å²) in [6.45, 7) is 7.80. The molecule has 0 saturated carbocycles. The first-order valence-electron chi connectivity index (χ1n) is 6.27. The Hall–Kier alpha value is -1.35. The molecule has 1 atom stereocenters. The van der Waals surface area contributed by atoms with Crippen molar-refractivity contribution in [3.05, 3.63) is 35.4 Å². The molecule has 0 unspecified atom stereocenters. The van der Waals surface area contributed by atoms with Crippen LogP contribution in [0.25, 0.3) is 0 Å². The highest BCUT2D eigenvalue weighted by Crippen LogP contribution is 2.04. The third-order valence-electron chi connectivity index (χ3n) is 2.75. The third-order valence-corrected chi connectivity index (χ3v) is 2.75. The number of hydrogen-bond acceptors (Lipinski definition) is 2. The van der Waals surface area contributed by atoms with Crippen molar-refractivity contribution < 1.29 is 4.79 Å². The zero-order valence-corrected chi connectivity index (χ0v) is 10.9. The Kier molecular flexibility index (Phi) is 5.70. The van der Waals surface area contributed by atoms with E-state index in [-0.39, 0.29) is 5.91 Å². The second kappa shape index (κ2) is 7.07. The molecule has 3 nitrogen and oxygen atoms in total. The fourth-order valence-electron chi connectivity index (χ4n) is 1.66. The fourth-order valence-corrected chi connectivity index (χ4v) is 1.66. The second-order valence-corrected chi connectivity index (χ2v) is 4.22. The molecule has 1 aromatic carbocycles. The second-order valence-electron chi connectivity index (χ2n) is 4.22. The number of carbonyl (C=O) groups excluding carboxylic acids is 1. The molecule has 17 heavy (non-hydrogen) atoms. The van der Waals surface area contributed by atoms with E-state index in [4.69, 9.17) is 0 Å². The average molecular weight is 234 g/mol. The predicted octanol–water partition coefficient (Wildman–Crippen LogP) is 1.98. The monoisotopic (exact) mass is 234 g/mol. The SMILES string of the molecule is CCN[C@H](C)CNC(=O)c1ccc(CC)cc1. The summed E-state index contributed by atoms with van der Waals surface area (Å²) >= 11 is 0. The largest absolute Gasteiger partial charge is 0.350 e. The lowest BCUT2D eigenvalue weighted by Crippen LogP contribution is -2.38. The molecule has 2 N–H and O–H groups in total. The Morgan fingerprint density at radius 2 is 1.88 bits per heavy atom. The van der Waals surface area contributed by atoms with Crippen molar-refractivity contribution in [3.8, 4) is 0 Å². The molecule has 0 bridgehead atoms. The smallest absolute Gasteiger partial charge is 0.251 e. The van der Waals surface area contributed by atoms with Gasteiger partial charge in [-0.3, -0.25) is 4.79 Å². The maximum absolute atomic E-state index is 11.8. The molecule has 3 heteroatoms. The normalized spacial score (nSPS) is 12.2. The molecular weight excluding hydrogens is 212 g/mol. The van der Waals surface area contributed by atoms with Crippen molar-refractivity contribution in [1.29, 1.82) is 0 Å². The Balaban J connectivity index is 2.46. The van der Waals surface area contributed by atoms with Crippen LogP contribution in [0.4, 0.5) is 0 Å². The highest BCUT2D eigenvalue weighted by molar-refractivity contribution is 5.94. The molecule has 94 valence electrons. The molecular formula is C14H22N2O. The van der Waals surface area contributed by atoms with Crippen LogP contribution in [0.3, 0.4) is 0 Å². The van der Waals surface area contributed by atoms with Gasteiger partial charge in [0.25, 0.3) is 5.91 Å². The van der Waals surface area contributed by atoms with Gasteiger partial charge >= 0.3 is 0 Å². The Morgan fingerprint density at radius 3 is 2.41 bits per heavy atom. The molecule has 1 rings (SSSR count). The highest BCUT2D eigenvalue weighted by Gasteiger charge is 2.06. The molecule has 0 radical (unpaired) electrons. The molecule has 0 saturated heterocycles. The van der Waals surface area contributed by atoms with Gasteiger partial charge in [0.1, 0.15) is 0 Å². The summed E-state index contributed by atoms with van der Waals surface area (Å²) in [4.78, 5) is 11.8. The van der Waals surface area contributed by atoms with Gasteiger partial charge in [-0.15, -0.1) is 0 Å². The molecule has 0 heterocycles. The van der Waals surface area contributed by atoms with Gasteiger partial charge in [-0.05, 0) is 37.6 Å². The number of hydrogen-bond donors (Lipinski definition) is 2. The topological polar surface area (TPSA) is 41.1 Å². The number of amides is 1. The fraction of sp³-hybridized carbons (Fsp3) is 0.500. The van der Waals surface area contributed by atoms with Crippen LogP contribution < -0.4 is 10.6 Å². The summed E-state index contributed by atoms with van der Waals surface area (Å²) in [5.41, 5.74) is 1.98. The van der Waals surface area contributed by atoms with Crippen molar-refractivity contribution >= 4 is 5.91 Å². The number of nitrogens with one attached hydrogen (secondary N) is 2. The van der Waals surface area contributed by atoms with Gasteiger partial charge in [0.2, 0.25) is 0 Å². The molecule has 0 spiro atoms. The summed E-state index contributed by atoms with van der Waals surface area (Å²) in [5.74, 6) is -0.00240. The molecule has 0 fully saturated rings.